The Balaban J connectivity index is 0.00000147. The highest BCUT2D eigenvalue weighted by Gasteiger charge is 2.46. The summed E-state index contributed by atoms with van der Waals surface area (Å²) in [4.78, 5) is 57.6. The molecule has 2 N–H and O–H groups in total. The summed E-state index contributed by atoms with van der Waals surface area (Å²) in [5.41, 5.74) is 7.54. The molecule has 0 unspecified atom stereocenters. The van der Waals surface area contributed by atoms with Crippen LogP contribution in [0.4, 0.5) is 11.4 Å². The second kappa shape index (κ2) is 19.0. The minimum atomic E-state index is -0.751. The molecule has 0 atom stereocenters. The molecule has 4 amide bonds. The lowest BCUT2D eigenvalue weighted by atomic mass is 9.68. The average Bonchev–Trinajstić information content (AvgIpc) is 4.05. The van der Waals surface area contributed by atoms with Gasteiger partial charge in [0.05, 0.1) is 39.0 Å². The van der Waals surface area contributed by atoms with E-state index in [0.29, 0.717) is 55.9 Å². The summed E-state index contributed by atoms with van der Waals surface area (Å²) in [7, 11) is 0. The zero-order valence-corrected chi connectivity index (χ0v) is 41.4. The minimum absolute atomic E-state index is 0.0883. The number of ether oxygens (including phenoxy) is 2. The Bertz CT molecular complexity index is 3700. The molecule has 2 heterocycles. The molecular formula is C65H48N2O8. The highest BCUT2D eigenvalue weighted by atomic mass is 16.5. The lowest BCUT2D eigenvalue weighted by Gasteiger charge is -2.34. The van der Waals surface area contributed by atoms with E-state index in [0.717, 1.165) is 33.4 Å². The second-order valence-electron chi connectivity index (χ2n) is 17.8. The van der Waals surface area contributed by atoms with Crippen molar-refractivity contribution in [2.24, 2.45) is 0 Å². The number of rotatable bonds is 8. The van der Waals surface area contributed by atoms with Gasteiger partial charge in [0.25, 0.3) is 23.6 Å². The topological polar surface area (TPSA) is 134 Å². The van der Waals surface area contributed by atoms with Gasteiger partial charge < -0.3 is 19.7 Å². The highest BCUT2D eigenvalue weighted by Crippen LogP contribution is 2.56. The molecule has 10 aromatic rings. The number of amides is 4. The Morgan fingerprint density at radius 1 is 0.347 bits per heavy atom. The predicted octanol–water partition coefficient (Wildman–Crippen LogP) is 15.0. The average molecular weight is 985 g/mol. The summed E-state index contributed by atoms with van der Waals surface area (Å²) in [6.45, 7) is 8.00. The van der Waals surface area contributed by atoms with E-state index in [2.05, 4.69) is 48.5 Å². The monoisotopic (exact) mass is 984 g/mol. The first-order chi connectivity index (χ1) is 36.6. The zero-order chi connectivity index (χ0) is 52.1. The fraction of sp³-hybridized carbons (Fsp3) is 0.0769. The van der Waals surface area contributed by atoms with Crippen molar-refractivity contribution in [3.05, 3.63) is 251 Å². The number of fused-ring (bicyclic) bond motifs is 7. The van der Waals surface area contributed by atoms with Crippen molar-refractivity contribution in [3.8, 4) is 45.6 Å². The Labute approximate surface area is 432 Å². The highest BCUT2D eigenvalue weighted by molar-refractivity contribution is 6.37. The zero-order valence-electron chi connectivity index (χ0n) is 41.4. The third-order valence-electron chi connectivity index (χ3n) is 13.9. The van der Waals surface area contributed by atoms with Gasteiger partial charge in [0.1, 0.15) is 34.5 Å². The van der Waals surface area contributed by atoms with E-state index >= 15 is 0 Å². The van der Waals surface area contributed by atoms with Gasteiger partial charge in [-0.3, -0.25) is 19.2 Å². The molecule has 0 radical (unpaired) electrons. The van der Waals surface area contributed by atoms with Crippen molar-refractivity contribution in [2.75, 3.05) is 9.80 Å². The van der Waals surface area contributed by atoms with Gasteiger partial charge in [-0.2, -0.15) is 0 Å². The first-order valence-corrected chi connectivity index (χ1v) is 24.9. The fourth-order valence-corrected chi connectivity index (χ4v) is 10.7. The molecule has 0 saturated carbocycles. The maximum absolute atomic E-state index is 13.9. The Morgan fingerprint density at radius 3 is 1.13 bits per heavy atom. The third-order valence-corrected chi connectivity index (χ3v) is 13.9. The summed E-state index contributed by atoms with van der Waals surface area (Å²) in [5.74, 6) is 0.235. The van der Waals surface area contributed by atoms with Gasteiger partial charge in [-0.1, -0.05) is 125 Å². The number of hydrogen-bond acceptors (Lipinski definition) is 8. The molecule has 0 fully saturated rings. The maximum atomic E-state index is 13.9. The van der Waals surface area contributed by atoms with Gasteiger partial charge in [-0.05, 0) is 153 Å². The molecule has 3 aliphatic rings. The van der Waals surface area contributed by atoms with Gasteiger partial charge in [-0.15, -0.1) is 0 Å². The van der Waals surface area contributed by atoms with Crippen LogP contribution in [0.25, 0.3) is 32.7 Å². The summed E-state index contributed by atoms with van der Waals surface area (Å²) < 4.78 is 12.8. The SMILES string of the molecule is CC.CC.O=C1c2ccc(Oc3ccc(C4(c5ccc(Oc6ccc7c(c6)C(=O)N(c6cccc8cc(O)ccc68)C7=O)cc5)c5ccccc5-c5ccccc54)cc3)cc2C(=O)N1c1cccc2cc(O)ccc12. The van der Waals surface area contributed by atoms with Crippen molar-refractivity contribution in [1.29, 1.82) is 0 Å². The molecule has 366 valence electrons. The summed E-state index contributed by atoms with van der Waals surface area (Å²) in [6.07, 6.45) is 0. The van der Waals surface area contributed by atoms with Gasteiger partial charge in [0.15, 0.2) is 0 Å². The lowest BCUT2D eigenvalue weighted by Crippen LogP contribution is -2.29. The van der Waals surface area contributed by atoms with Crippen molar-refractivity contribution < 1.29 is 38.9 Å². The van der Waals surface area contributed by atoms with E-state index in [4.69, 9.17) is 9.47 Å². The van der Waals surface area contributed by atoms with Crippen LogP contribution in [0, 0.1) is 0 Å². The van der Waals surface area contributed by atoms with Crippen LogP contribution in [-0.4, -0.2) is 33.8 Å². The van der Waals surface area contributed by atoms with Crippen LogP contribution in [0.5, 0.6) is 34.5 Å². The molecule has 1 aliphatic carbocycles. The molecule has 0 aromatic heterocycles. The normalized spacial score (nSPS) is 13.6. The van der Waals surface area contributed by atoms with E-state index in [1.807, 2.05) is 88.4 Å². The predicted molar refractivity (Wildman–Crippen MR) is 293 cm³/mol. The molecule has 0 spiro atoms. The van der Waals surface area contributed by atoms with Crippen LogP contribution in [0.1, 0.15) is 91.4 Å². The van der Waals surface area contributed by atoms with Crippen LogP contribution in [0.3, 0.4) is 0 Å². The largest absolute Gasteiger partial charge is 0.508 e. The number of phenolic OH excluding ortho intramolecular Hbond substituents is 2. The first kappa shape index (κ1) is 47.5. The molecule has 2 aliphatic heterocycles. The second-order valence-corrected chi connectivity index (χ2v) is 17.8. The molecule has 13 rings (SSSR count). The first-order valence-electron chi connectivity index (χ1n) is 24.9. The maximum Gasteiger partial charge on any atom is 0.266 e. The van der Waals surface area contributed by atoms with Crippen LogP contribution in [0.15, 0.2) is 206 Å². The number of anilines is 2. The van der Waals surface area contributed by atoms with E-state index in [9.17, 15) is 29.4 Å². The number of aromatic hydroxyl groups is 2. The van der Waals surface area contributed by atoms with Crippen molar-refractivity contribution in [2.45, 2.75) is 33.1 Å². The number of benzene rings is 10. The molecule has 75 heavy (non-hydrogen) atoms. The van der Waals surface area contributed by atoms with Crippen molar-refractivity contribution in [3.63, 3.8) is 0 Å². The molecule has 10 aromatic carbocycles. The quantitative estimate of drug-likeness (QED) is 0.144. The number of hydrogen-bond donors (Lipinski definition) is 2. The van der Waals surface area contributed by atoms with Crippen molar-refractivity contribution in [1.82, 2.24) is 0 Å². The summed E-state index contributed by atoms with van der Waals surface area (Å²) in [5, 5.41) is 22.8. The Kier molecular flexibility index (Phi) is 12.0. The van der Waals surface area contributed by atoms with Crippen molar-refractivity contribution >= 4 is 56.5 Å². The van der Waals surface area contributed by atoms with E-state index in [-0.39, 0.29) is 33.8 Å². The van der Waals surface area contributed by atoms with Gasteiger partial charge >= 0.3 is 0 Å². The lowest BCUT2D eigenvalue weighted by molar-refractivity contribution is 0.0910. The molecule has 0 bridgehead atoms. The Hall–Kier alpha value is -9.80. The smallest absolute Gasteiger partial charge is 0.266 e. The van der Waals surface area contributed by atoms with E-state index in [1.165, 1.54) is 21.9 Å². The number of nitrogens with zero attached hydrogens (tertiary/aromatic N) is 2. The van der Waals surface area contributed by atoms with Crippen LogP contribution in [0.2, 0.25) is 0 Å². The van der Waals surface area contributed by atoms with Crippen LogP contribution in [-0.2, 0) is 5.41 Å². The minimum Gasteiger partial charge on any atom is -0.508 e. The van der Waals surface area contributed by atoms with E-state index in [1.54, 1.807) is 84.9 Å². The Morgan fingerprint density at radius 2 is 0.720 bits per heavy atom. The molecule has 10 heteroatoms. The van der Waals surface area contributed by atoms with Crippen LogP contribution >= 0.6 is 0 Å². The fourth-order valence-electron chi connectivity index (χ4n) is 10.7. The molecule has 10 nitrogen and oxygen atoms in total. The van der Waals surface area contributed by atoms with Gasteiger partial charge in [-0.25, -0.2) is 9.80 Å². The molecular weight excluding hydrogens is 937 g/mol. The number of phenols is 2. The summed E-state index contributed by atoms with van der Waals surface area (Å²) >= 11 is 0. The summed E-state index contributed by atoms with van der Waals surface area (Å²) in [6, 6.07) is 62.6. The van der Waals surface area contributed by atoms with Gasteiger partial charge in [0, 0.05) is 10.8 Å². The molecule has 0 saturated heterocycles. The number of carbonyl (C=O) groups is 4. The number of imide groups is 2. The van der Waals surface area contributed by atoms with E-state index < -0.39 is 29.0 Å². The van der Waals surface area contributed by atoms with Crippen LogP contribution < -0.4 is 19.3 Å². The third kappa shape index (κ3) is 7.65. The van der Waals surface area contributed by atoms with Gasteiger partial charge in [0.2, 0.25) is 0 Å². The number of carbonyl (C=O) groups excluding carboxylic acids is 4. The standard InChI is InChI=1S/C61H36N2O8.2C2H6/c64-39-19-27-45-35(31-39)7-5-13-55(45)62-57(66)49-29-25-43(33-51(49)59(62)68)70-41-21-15-37(16-22-41)61(53-11-3-1-9-47(53)48-10-2-4-12-54(48)61)38-17-23-42(24-18-38)71-44-26-30-50-52(34-44)60(69)63(58(50)67)56-14-6-8-36-32-40(65)20-28-46(36)56;2*1-2/h1-34,64-65H;2*1-2H3.